The highest BCUT2D eigenvalue weighted by molar-refractivity contribution is 4.94. The Labute approximate surface area is 204 Å². The van der Waals surface area contributed by atoms with Gasteiger partial charge in [-0.05, 0) is 0 Å². The number of hydrogen-bond donors (Lipinski definition) is 11. The van der Waals surface area contributed by atoms with E-state index in [0.29, 0.717) is 0 Å². The number of hydrogen-bond acceptors (Lipinski definition) is 17. The van der Waals surface area contributed by atoms with Gasteiger partial charge in [-0.2, -0.15) is 0 Å². The standard InChI is InChI=1S/C19H35NO16/c20-1-2-31-18-14(29)15(35-19-13(28)10(25)11(26)16(30)36-19)8(23)6(34-18)4-32-17-12(27)9(24)7(22)5(3-21)33-17/h5-19,21-30H,1-4,20H2/t5-,6-,7-,8-,9+,10+,11+,12+,13+,14+,15+,16+,17+,18+,19+/m1/s1. The second-order valence-corrected chi connectivity index (χ2v) is 8.68. The molecule has 0 aromatic rings. The fourth-order valence-corrected chi connectivity index (χ4v) is 4.01. The lowest BCUT2D eigenvalue weighted by Crippen LogP contribution is -2.65. The third-order valence-electron chi connectivity index (χ3n) is 6.15. The van der Waals surface area contributed by atoms with Crippen molar-refractivity contribution in [1.82, 2.24) is 0 Å². The zero-order valence-electron chi connectivity index (χ0n) is 19.0. The Hall–Kier alpha value is -0.680. The summed E-state index contributed by atoms with van der Waals surface area (Å²) in [6.07, 6.45) is -25.1. The van der Waals surface area contributed by atoms with E-state index < -0.39 is 106 Å². The van der Waals surface area contributed by atoms with Crippen LogP contribution in [-0.2, 0) is 28.4 Å². The largest absolute Gasteiger partial charge is 0.394 e. The molecule has 0 radical (unpaired) electrons. The number of aliphatic hydroxyl groups is 10. The quantitative estimate of drug-likeness (QED) is 0.131. The van der Waals surface area contributed by atoms with Gasteiger partial charge in [0.25, 0.3) is 0 Å². The van der Waals surface area contributed by atoms with Gasteiger partial charge in [0.15, 0.2) is 25.2 Å². The first-order valence-electron chi connectivity index (χ1n) is 11.3. The summed E-state index contributed by atoms with van der Waals surface area (Å²) in [7, 11) is 0. The van der Waals surface area contributed by atoms with Gasteiger partial charge in [0.05, 0.1) is 19.8 Å². The van der Waals surface area contributed by atoms with Crippen LogP contribution in [0.4, 0.5) is 0 Å². The predicted molar refractivity (Wildman–Crippen MR) is 109 cm³/mol. The normalized spacial score (nSPS) is 50.2. The van der Waals surface area contributed by atoms with E-state index in [0.717, 1.165) is 0 Å². The van der Waals surface area contributed by atoms with Gasteiger partial charge in [0, 0.05) is 6.54 Å². The van der Waals surface area contributed by atoms with Crippen molar-refractivity contribution in [2.45, 2.75) is 92.3 Å². The van der Waals surface area contributed by atoms with E-state index in [9.17, 15) is 51.1 Å². The van der Waals surface area contributed by atoms with Crippen molar-refractivity contribution in [2.75, 3.05) is 26.4 Å². The predicted octanol–water partition coefficient (Wildman–Crippen LogP) is -7.63. The van der Waals surface area contributed by atoms with Crippen molar-refractivity contribution < 1.29 is 79.5 Å². The molecule has 0 saturated carbocycles. The summed E-state index contributed by atoms with van der Waals surface area (Å²) in [5.74, 6) is 0. The summed E-state index contributed by atoms with van der Waals surface area (Å²) in [5.41, 5.74) is 5.41. The van der Waals surface area contributed by atoms with E-state index in [1.54, 1.807) is 0 Å². The molecule has 3 fully saturated rings. The molecule has 212 valence electrons. The molecule has 12 N–H and O–H groups in total. The second kappa shape index (κ2) is 12.9. The molecule has 0 aromatic heterocycles. The maximum atomic E-state index is 10.8. The van der Waals surface area contributed by atoms with Crippen LogP contribution in [0.3, 0.4) is 0 Å². The lowest BCUT2D eigenvalue weighted by atomic mass is 9.97. The molecule has 0 aromatic carbocycles. The molecule has 36 heavy (non-hydrogen) atoms. The Kier molecular flexibility index (Phi) is 10.7. The molecule has 3 aliphatic heterocycles. The van der Waals surface area contributed by atoms with Crippen molar-refractivity contribution >= 4 is 0 Å². The molecule has 0 bridgehead atoms. The van der Waals surface area contributed by atoms with Crippen LogP contribution in [0.2, 0.25) is 0 Å². The van der Waals surface area contributed by atoms with Crippen LogP contribution in [-0.4, -0.2) is 170 Å². The summed E-state index contributed by atoms with van der Waals surface area (Å²) in [5, 5.41) is 100. The summed E-state index contributed by atoms with van der Waals surface area (Å²) < 4.78 is 31.9. The molecule has 3 rings (SSSR count). The highest BCUT2D eigenvalue weighted by Gasteiger charge is 2.51. The lowest BCUT2D eigenvalue weighted by molar-refractivity contribution is -0.381. The Bertz CT molecular complexity index is 675. The van der Waals surface area contributed by atoms with Crippen LogP contribution in [0.15, 0.2) is 0 Å². The van der Waals surface area contributed by atoms with Gasteiger partial charge < -0.3 is 85.2 Å². The molecular weight excluding hydrogens is 498 g/mol. The Morgan fingerprint density at radius 3 is 1.81 bits per heavy atom. The summed E-state index contributed by atoms with van der Waals surface area (Å²) in [6, 6.07) is 0. The van der Waals surface area contributed by atoms with Gasteiger partial charge in [-0.15, -0.1) is 0 Å². The topological polar surface area (TPSA) is 284 Å². The lowest BCUT2D eigenvalue weighted by Gasteiger charge is -2.46. The molecule has 17 heteroatoms. The van der Waals surface area contributed by atoms with Crippen molar-refractivity contribution in [3.63, 3.8) is 0 Å². The monoisotopic (exact) mass is 533 g/mol. The Morgan fingerprint density at radius 2 is 1.17 bits per heavy atom. The Morgan fingerprint density at radius 1 is 0.583 bits per heavy atom. The molecule has 15 atom stereocenters. The van der Waals surface area contributed by atoms with Gasteiger partial charge in [-0.1, -0.05) is 0 Å². The van der Waals surface area contributed by atoms with Gasteiger partial charge in [-0.25, -0.2) is 0 Å². The van der Waals surface area contributed by atoms with E-state index in [1.165, 1.54) is 0 Å². The number of ether oxygens (including phenoxy) is 6. The second-order valence-electron chi connectivity index (χ2n) is 8.68. The number of nitrogens with two attached hydrogens (primary N) is 1. The van der Waals surface area contributed by atoms with Crippen LogP contribution >= 0.6 is 0 Å². The molecular formula is C19H35NO16. The van der Waals surface area contributed by atoms with Crippen LogP contribution in [0, 0.1) is 0 Å². The Balaban J connectivity index is 1.71. The van der Waals surface area contributed by atoms with Crippen molar-refractivity contribution in [3.8, 4) is 0 Å². The summed E-state index contributed by atoms with van der Waals surface area (Å²) in [4.78, 5) is 0. The van der Waals surface area contributed by atoms with Crippen molar-refractivity contribution in [3.05, 3.63) is 0 Å². The molecule has 3 aliphatic rings. The molecule has 17 nitrogen and oxygen atoms in total. The van der Waals surface area contributed by atoms with Gasteiger partial charge in [-0.3, -0.25) is 0 Å². The van der Waals surface area contributed by atoms with E-state index in [4.69, 9.17) is 34.2 Å². The van der Waals surface area contributed by atoms with Crippen LogP contribution in [0.5, 0.6) is 0 Å². The first kappa shape index (κ1) is 29.9. The minimum absolute atomic E-state index is 0.0351. The molecule has 3 heterocycles. The molecule has 0 spiro atoms. The van der Waals surface area contributed by atoms with Gasteiger partial charge in [0.2, 0.25) is 0 Å². The number of aliphatic hydroxyl groups excluding tert-OH is 10. The van der Waals surface area contributed by atoms with E-state index in [2.05, 4.69) is 0 Å². The van der Waals surface area contributed by atoms with Gasteiger partial charge in [0.1, 0.15) is 67.1 Å². The highest BCUT2D eigenvalue weighted by atomic mass is 16.8. The van der Waals surface area contributed by atoms with Crippen LogP contribution < -0.4 is 5.73 Å². The molecule has 0 unspecified atom stereocenters. The minimum atomic E-state index is -1.95. The van der Waals surface area contributed by atoms with Crippen molar-refractivity contribution in [1.29, 1.82) is 0 Å². The maximum Gasteiger partial charge on any atom is 0.189 e. The number of rotatable bonds is 9. The molecule has 0 amide bonds. The summed E-state index contributed by atoms with van der Waals surface area (Å²) >= 11 is 0. The van der Waals surface area contributed by atoms with E-state index >= 15 is 0 Å². The zero-order valence-corrected chi connectivity index (χ0v) is 19.0. The fraction of sp³-hybridized carbons (Fsp3) is 1.00. The van der Waals surface area contributed by atoms with Crippen molar-refractivity contribution in [2.24, 2.45) is 5.73 Å². The zero-order chi connectivity index (χ0) is 26.7. The highest BCUT2D eigenvalue weighted by Crippen LogP contribution is 2.30. The maximum absolute atomic E-state index is 10.8. The smallest absolute Gasteiger partial charge is 0.189 e. The molecule has 0 aliphatic carbocycles. The average molecular weight is 533 g/mol. The van der Waals surface area contributed by atoms with E-state index in [-0.39, 0.29) is 13.2 Å². The third-order valence-corrected chi connectivity index (χ3v) is 6.15. The first-order valence-corrected chi connectivity index (χ1v) is 11.3. The van der Waals surface area contributed by atoms with E-state index in [1.807, 2.05) is 0 Å². The summed E-state index contributed by atoms with van der Waals surface area (Å²) in [6.45, 7) is -1.30. The first-order chi connectivity index (χ1) is 17.0. The SMILES string of the molecule is NCCO[C@H]1O[C@H](CO[C@H]2O[C@H](CO)[C@@H](O)[C@H](O)[C@@H]2O)[C@@H](O)[C@H](O[C@H]2O[C@H](O)[C@@H](O)[C@H](O)[C@@H]2O)[C@@H]1O. The minimum Gasteiger partial charge on any atom is -0.394 e. The average Bonchev–Trinajstić information content (AvgIpc) is 2.86. The fourth-order valence-electron chi connectivity index (χ4n) is 4.01. The van der Waals surface area contributed by atoms with Crippen LogP contribution in [0.1, 0.15) is 0 Å². The molecule has 3 saturated heterocycles. The van der Waals surface area contributed by atoms with Crippen LogP contribution in [0.25, 0.3) is 0 Å². The van der Waals surface area contributed by atoms with Gasteiger partial charge >= 0.3 is 0 Å². The third kappa shape index (κ3) is 6.30.